The molecule has 1 heterocycles. The fourth-order valence-corrected chi connectivity index (χ4v) is 4.19. The van der Waals surface area contributed by atoms with Gasteiger partial charge in [0.1, 0.15) is 6.04 Å². The first-order chi connectivity index (χ1) is 13.9. The van der Waals surface area contributed by atoms with Crippen molar-refractivity contribution in [2.75, 3.05) is 27.9 Å². The summed E-state index contributed by atoms with van der Waals surface area (Å²) in [5.41, 5.74) is 1.65. The molecule has 8 heteroatoms. The highest BCUT2D eigenvalue weighted by atomic mass is 35.5. The average Bonchev–Trinajstić information content (AvgIpc) is 3.19. The number of aliphatic carboxylic acids is 1. The first kappa shape index (κ1) is 21.6. The molecule has 156 valence electrons. The van der Waals surface area contributed by atoms with Crippen LogP contribution in [0.3, 0.4) is 0 Å². The van der Waals surface area contributed by atoms with E-state index < -0.39 is 12.0 Å². The third-order valence-electron chi connectivity index (χ3n) is 5.17. The van der Waals surface area contributed by atoms with Gasteiger partial charge in [0.05, 0.1) is 37.4 Å². The summed E-state index contributed by atoms with van der Waals surface area (Å²) in [6.07, 6.45) is 1.37. The van der Waals surface area contributed by atoms with Gasteiger partial charge >= 0.3 is 5.97 Å². The molecule has 1 N–H and O–H groups in total. The lowest BCUT2D eigenvalue weighted by Crippen LogP contribution is -2.39. The normalized spacial score (nSPS) is 17.8. The Bertz CT molecular complexity index is 880. The largest absolute Gasteiger partial charge is 0.493 e. The summed E-state index contributed by atoms with van der Waals surface area (Å²) in [4.78, 5) is 13.8. The number of halogens is 2. The van der Waals surface area contributed by atoms with Crippen LogP contribution in [0.2, 0.25) is 10.0 Å². The van der Waals surface area contributed by atoms with Crippen molar-refractivity contribution in [3.8, 4) is 17.2 Å². The molecule has 0 spiro atoms. The second kappa shape index (κ2) is 9.11. The number of carboxylic acid groups (broad SMARTS) is 1. The minimum absolute atomic E-state index is 0.373. The summed E-state index contributed by atoms with van der Waals surface area (Å²) < 4.78 is 16.4. The topological polar surface area (TPSA) is 68.2 Å². The molecule has 0 bridgehead atoms. The number of likely N-dealkylation sites (tertiary alicyclic amines) is 1. The molecular formula is C21H23Cl2NO5. The fraction of sp³-hybridized carbons (Fsp3) is 0.381. The second-order valence-corrected chi connectivity index (χ2v) is 7.58. The van der Waals surface area contributed by atoms with E-state index in [0.29, 0.717) is 40.3 Å². The highest BCUT2D eigenvalue weighted by Gasteiger charge is 2.37. The van der Waals surface area contributed by atoms with Gasteiger partial charge in [-0.3, -0.25) is 9.69 Å². The van der Waals surface area contributed by atoms with Crippen LogP contribution >= 0.6 is 23.2 Å². The van der Waals surface area contributed by atoms with Gasteiger partial charge in [-0.2, -0.15) is 0 Å². The molecule has 1 saturated heterocycles. The maximum Gasteiger partial charge on any atom is 0.320 e. The summed E-state index contributed by atoms with van der Waals surface area (Å²) in [6, 6.07) is 8.05. The van der Waals surface area contributed by atoms with Gasteiger partial charge in [-0.25, -0.2) is 0 Å². The Morgan fingerprint density at radius 2 is 1.69 bits per heavy atom. The molecule has 29 heavy (non-hydrogen) atoms. The standard InChI is InChI=1S/C21H23Cl2NO5/c1-27-17-10-13(11-18(28-2)20(17)29-3)19(12-6-7-14(22)15(23)9-12)24-8-4-5-16(24)21(25)26/h6-7,9-11,16,19H,4-5,8H2,1-3H3,(H,25,26). The smallest absolute Gasteiger partial charge is 0.320 e. The molecule has 0 aliphatic carbocycles. The number of carboxylic acids is 1. The van der Waals surface area contributed by atoms with Gasteiger partial charge in [0, 0.05) is 6.54 Å². The first-order valence-corrected chi connectivity index (χ1v) is 9.90. The number of benzene rings is 2. The van der Waals surface area contributed by atoms with Crippen LogP contribution in [0.5, 0.6) is 17.2 Å². The van der Waals surface area contributed by atoms with Crippen LogP contribution in [0.1, 0.15) is 30.0 Å². The molecule has 1 aliphatic heterocycles. The zero-order chi connectivity index (χ0) is 21.1. The predicted molar refractivity (Wildman–Crippen MR) is 112 cm³/mol. The quantitative estimate of drug-likeness (QED) is 0.676. The van der Waals surface area contributed by atoms with Crippen molar-refractivity contribution in [3.63, 3.8) is 0 Å². The van der Waals surface area contributed by atoms with E-state index in [-0.39, 0.29) is 6.04 Å². The first-order valence-electron chi connectivity index (χ1n) is 9.14. The van der Waals surface area contributed by atoms with E-state index in [1.165, 1.54) is 7.11 Å². The maximum atomic E-state index is 11.9. The van der Waals surface area contributed by atoms with Crippen LogP contribution in [-0.2, 0) is 4.79 Å². The molecule has 2 aromatic carbocycles. The van der Waals surface area contributed by atoms with Crippen molar-refractivity contribution < 1.29 is 24.1 Å². The molecule has 0 aromatic heterocycles. The molecule has 6 nitrogen and oxygen atoms in total. The summed E-state index contributed by atoms with van der Waals surface area (Å²) in [5, 5.41) is 10.6. The summed E-state index contributed by atoms with van der Waals surface area (Å²) in [5.74, 6) is 0.624. The summed E-state index contributed by atoms with van der Waals surface area (Å²) in [6.45, 7) is 0.637. The van der Waals surface area contributed by atoms with Gasteiger partial charge in [0.25, 0.3) is 0 Å². The van der Waals surface area contributed by atoms with Crippen molar-refractivity contribution in [2.45, 2.75) is 24.9 Å². The highest BCUT2D eigenvalue weighted by molar-refractivity contribution is 6.42. The zero-order valence-corrected chi connectivity index (χ0v) is 18.0. The van der Waals surface area contributed by atoms with Crippen molar-refractivity contribution in [3.05, 3.63) is 51.5 Å². The molecule has 2 atom stereocenters. The van der Waals surface area contributed by atoms with Gasteiger partial charge < -0.3 is 19.3 Å². The predicted octanol–water partition coefficient (Wildman–Crippen LogP) is 4.66. The maximum absolute atomic E-state index is 11.9. The zero-order valence-electron chi connectivity index (χ0n) is 16.4. The number of methoxy groups -OCH3 is 3. The minimum Gasteiger partial charge on any atom is -0.493 e. The molecule has 3 rings (SSSR count). The van der Waals surface area contributed by atoms with Gasteiger partial charge in [0.15, 0.2) is 11.5 Å². The number of carbonyl (C=O) groups is 1. The Kier molecular flexibility index (Phi) is 6.77. The fourth-order valence-electron chi connectivity index (χ4n) is 3.88. The molecular weight excluding hydrogens is 417 g/mol. The SMILES string of the molecule is COc1cc(C(c2ccc(Cl)c(Cl)c2)N2CCCC2C(=O)O)cc(OC)c1OC. The van der Waals surface area contributed by atoms with Gasteiger partial charge in [-0.05, 0) is 48.2 Å². The molecule has 1 fully saturated rings. The molecule has 2 aromatic rings. The van der Waals surface area contributed by atoms with Crippen LogP contribution in [-0.4, -0.2) is 49.9 Å². The molecule has 0 amide bonds. The van der Waals surface area contributed by atoms with Crippen LogP contribution in [0.15, 0.2) is 30.3 Å². The van der Waals surface area contributed by atoms with Crippen LogP contribution in [0.4, 0.5) is 0 Å². The number of nitrogens with zero attached hydrogens (tertiary/aromatic N) is 1. The number of hydrogen-bond acceptors (Lipinski definition) is 5. The third-order valence-corrected chi connectivity index (χ3v) is 5.91. The number of ether oxygens (including phenoxy) is 3. The van der Waals surface area contributed by atoms with E-state index in [4.69, 9.17) is 37.4 Å². The Morgan fingerprint density at radius 3 is 2.21 bits per heavy atom. The lowest BCUT2D eigenvalue weighted by atomic mass is 9.95. The van der Waals surface area contributed by atoms with E-state index in [0.717, 1.165) is 17.5 Å². The van der Waals surface area contributed by atoms with E-state index >= 15 is 0 Å². The van der Waals surface area contributed by atoms with Crippen molar-refractivity contribution >= 4 is 29.2 Å². The molecule has 1 aliphatic rings. The Hall–Kier alpha value is -2.15. The lowest BCUT2D eigenvalue weighted by molar-refractivity contribution is -0.142. The highest BCUT2D eigenvalue weighted by Crippen LogP contribution is 2.44. The lowest BCUT2D eigenvalue weighted by Gasteiger charge is -2.32. The monoisotopic (exact) mass is 439 g/mol. The number of hydrogen-bond donors (Lipinski definition) is 1. The van der Waals surface area contributed by atoms with E-state index in [1.54, 1.807) is 26.4 Å². The third kappa shape index (κ3) is 4.25. The van der Waals surface area contributed by atoms with Crippen LogP contribution in [0, 0.1) is 0 Å². The van der Waals surface area contributed by atoms with Gasteiger partial charge in [-0.1, -0.05) is 29.3 Å². The Morgan fingerprint density at radius 1 is 1.03 bits per heavy atom. The second-order valence-electron chi connectivity index (χ2n) is 6.77. The summed E-state index contributed by atoms with van der Waals surface area (Å²) in [7, 11) is 4.63. The van der Waals surface area contributed by atoms with Crippen LogP contribution < -0.4 is 14.2 Å². The molecule has 2 unspecified atom stereocenters. The van der Waals surface area contributed by atoms with Gasteiger partial charge in [0.2, 0.25) is 5.75 Å². The van der Waals surface area contributed by atoms with E-state index in [9.17, 15) is 9.90 Å². The van der Waals surface area contributed by atoms with Crippen molar-refractivity contribution in [2.24, 2.45) is 0 Å². The Balaban J connectivity index is 2.20. The number of rotatable bonds is 7. The summed E-state index contributed by atoms with van der Waals surface area (Å²) >= 11 is 12.4. The van der Waals surface area contributed by atoms with E-state index in [2.05, 4.69) is 0 Å². The average molecular weight is 440 g/mol. The van der Waals surface area contributed by atoms with Crippen molar-refractivity contribution in [1.29, 1.82) is 0 Å². The molecule has 0 radical (unpaired) electrons. The van der Waals surface area contributed by atoms with E-state index in [1.807, 2.05) is 23.1 Å². The molecule has 0 saturated carbocycles. The van der Waals surface area contributed by atoms with Crippen LogP contribution in [0.25, 0.3) is 0 Å². The minimum atomic E-state index is -0.847. The Labute approximate surface area is 179 Å². The van der Waals surface area contributed by atoms with Gasteiger partial charge in [-0.15, -0.1) is 0 Å². The van der Waals surface area contributed by atoms with Crippen molar-refractivity contribution in [1.82, 2.24) is 4.90 Å².